The molecule has 0 saturated carbocycles. The molecule has 94 valence electrons. The first kappa shape index (κ1) is 13.6. The highest BCUT2D eigenvalue weighted by molar-refractivity contribution is 7.90. The second kappa shape index (κ2) is 6.34. The van der Waals surface area contributed by atoms with Gasteiger partial charge in [0.1, 0.15) is 4.91 Å². The summed E-state index contributed by atoms with van der Waals surface area (Å²) < 4.78 is 21.0. The molecular formula is C11H14O5S. The predicted molar refractivity (Wildman–Crippen MR) is 62.4 cm³/mol. The van der Waals surface area contributed by atoms with Crippen LogP contribution in [0.15, 0.2) is 22.6 Å². The van der Waals surface area contributed by atoms with Gasteiger partial charge in [0.05, 0.1) is 30.6 Å². The summed E-state index contributed by atoms with van der Waals surface area (Å²) in [4.78, 5) is 23.0. The topological polar surface area (TPSA) is 69.7 Å². The van der Waals surface area contributed by atoms with Gasteiger partial charge >= 0.3 is 11.9 Å². The molecular weight excluding hydrogens is 244 g/mol. The van der Waals surface area contributed by atoms with Crippen molar-refractivity contribution < 1.29 is 23.3 Å². The lowest BCUT2D eigenvalue weighted by molar-refractivity contribution is -0.138. The van der Waals surface area contributed by atoms with Crippen molar-refractivity contribution in [2.45, 2.75) is 12.8 Å². The standard InChI is InChI=1S/C11H14O5S/c1-15-10(12)8-6-4-3-5-7-17(14)9(8)11(13)16-2/h4,6H,3,5,7H2,1-2H3/b6-4-,9-8+. The molecule has 1 aliphatic rings. The molecule has 0 N–H and O–H groups in total. The van der Waals surface area contributed by atoms with Crippen LogP contribution in [-0.2, 0) is 29.9 Å². The van der Waals surface area contributed by atoms with Gasteiger partial charge in [-0.15, -0.1) is 0 Å². The van der Waals surface area contributed by atoms with Crippen molar-refractivity contribution in [1.82, 2.24) is 0 Å². The third kappa shape index (κ3) is 3.26. The van der Waals surface area contributed by atoms with E-state index < -0.39 is 22.7 Å². The van der Waals surface area contributed by atoms with Gasteiger partial charge in [0.15, 0.2) is 0 Å². The van der Waals surface area contributed by atoms with E-state index in [1.54, 1.807) is 6.08 Å². The van der Waals surface area contributed by atoms with Gasteiger partial charge in [-0.2, -0.15) is 0 Å². The van der Waals surface area contributed by atoms with Gasteiger partial charge in [0.25, 0.3) is 0 Å². The molecule has 0 aromatic carbocycles. The van der Waals surface area contributed by atoms with E-state index in [2.05, 4.69) is 9.47 Å². The molecule has 1 heterocycles. The van der Waals surface area contributed by atoms with Gasteiger partial charge in [-0.05, 0) is 12.8 Å². The molecule has 0 spiro atoms. The molecule has 0 amide bonds. The Labute approximate surface area is 102 Å². The number of methoxy groups -OCH3 is 2. The fraction of sp³-hybridized carbons (Fsp3) is 0.455. The molecule has 1 atom stereocenters. The predicted octanol–water partition coefficient (Wildman–Crippen LogP) is 0.685. The maximum absolute atomic E-state index is 11.9. The molecule has 0 fully saturated rings. The average Bonchev–Trinajstić information content (AvgIpc) is 2.32. The van der Waals surface area contributed by atoms with Crippen LogP contribution in [0.1, 0.15) is 12.8 Å². The fourth-order valence-corrected chi connectivity index (χ4v) is 2.70. The zero-order valence-corrected chi connectivity index (χ0v) is 10.5. The normalized spacial score (nSPS) is 26.6. The summed E-state index contributed by atoms with van der Waals surface area (Å²) >= 11 is 0. The van der Waals surface area contributed by atoms with E-state index in [0.29, 0.717) is 18.6 Å². The summed E-state index contributed by atoms with van der Waals surface area (Å²) in [7, 11) is 0.857. The number of carbonyl (C=O) groups is 2. The van der Waals surface area contributed by atoms with Crippen LogP contribution >= 0.6 is 0 Å². The SMILES string of the molecule is COC(=O)C1=C(\C(=O)OC)S(=O)CCC/C=C\1. The molecule has 1 unspecified atom stereocenters. The van der Waals surface area contributed by atoms with Crippen LogP contribution in [0.25, 0.3) is 0 Å². The van der Waals surface area contributed by atoms with Crippen LogP contribution in [-0.4, -0.2) is 36.1 Å². The molecule has 0 aromatic rings. The number of hydrogen-bond acceptors (Lipinski definition) is 5. The second-order valence-corrected chi connectivity index (χ2v) is 4.83. The van der Waals surface area contributed by atoms with Gasteiger partial charge in [0.2, 0.25) is 0 Å². The number of rotatable bonds is 2. The first-order chi connectivity index (χ1) is 8.11. The van der Waals surface area contributed by atoms with Gasteiger partial charge < -0.3 is 9.47 Å². The Morgan fingerprint density at radius 3 is 2.47 bits per heavy atom. The third-order valence-corrected chi connectivity index (χ3v) is 3.73. The maximum Gasteiger partial charge on any atom is 0.347 e. The molecule has 0 radical (unpaired) electrons. The molecule has 0 saturated heterocycles. The van der Waals surface area contributed by atoms with Crippen molar-refractivity contribution in [1.29, 1.82) is 0 Å². The van der Waals surface area contributed by atoms with E-state index in [-0.39, 0.29) is 10.5 Å². The van der Waals surface area contributed by atoms with Crippen molar-refractivity contribution in [2.24, 2.45) is 0 Å². The zero-order chi connectivity index (χ0) is 12.8. The first-order valence-electron chi connectivity index (χ1n) is 5.07. The maximum atomic E-state index is 11.9. The Kier molecular flexibility index (Phi) is 5.09. The van der Waals surface area contributed by atoms with Gasteiger partial charge in [-0.25, -0.2) is 9.59 Å². The number of hydrogen-bond donors (Lipinski definition) is 0. The number of carbonyl (C=O) groups excluding carboxylic acids is 2. The highest BCUT2D eigenvalue weighted by Crippen LogP contribution is 2.18. The molecule has 0 aliphatic carbocycles. The van der Waals surface area contributed by atoms with E-state index >= 15 is 0 Å². The van der Waals surface area contributed by atoms with Crippen molar-refractivity contribution in [2.75, 3.05) is 20.0 Å². The summed E-state index contributed by atoms with van der Waals surface area (Å²) in [6, 6.07) is 0. The highest BCUT2D eigenvalue weighted by atomic mass is 32.2. The average molecular weight is 258 g/mol. The zero-order valence-electron chi connectivity index (χ0n) is 9.73. The Hall–Kier alpha value is -1.43. The number of esters is 2. The fourth-order valence-electron chi connectivity index (χ4n) is 1.40. The summed E-state index contributed by atoms with van der Waals surface area (Å²) in [5, 5.41) is 0. The van der Waals surface area contributed by atoms with E-state index in [9.17, 15) is 13.8 Å². The number of ether oxygens (including phenoxy) is 2. The second-order valence-electron chi connectivity index (χ2n) is 3.32. The molecule has 1 aliphatic heterocycles. The molecule has 6 heteroatoms. The minimum absolute atomic E-state index is 0.0115. The summed E-state index contributed by atoms with van der Waals surface area (Å²) in [6.07, 6.45) is 4.62. The number of allylic oxidation sites excluding steroid dienone is 1. The largest absolute Gasteiger partial charge is 0.465 e. The Morgan fingerprint density at radius 1 is 1.24 bits per heavy atom. The minimum atomic E-state index is -1.54. The summed E-state index contributed by atoms with van der Waals surface area (Å²) in [5.74, 6) is -1.11. The highest BCUT2D eigenvalue weighted by Gasteiger charge is 2.26. The molecule has 1 rings (SSSR count). The third-order valence-electron chi connectivity index (χ3n) is 2.23. The van der Waals surface area contributed by atoms with Gasteiger partial charge in [0, 0.05) is 5.75 Å². The molecule has 0 bridgehead atoms. The van der Waals surface area contributed by atoms with Crippen molar-refractivity contribution in [3.8, 4) is 0 Å². The Bertz CT molecular complexity index is 408. The van der Waals surface area contributed by atoms with Gasteiger partial charge in [-0.3, -0.25) is 4.21 Å². The monoisotopic (exact) mass is 258 g/mol. The van der Waals surface area contributed by atoms with E-state index in [4.69, 9.17) is 0 Å². The van der Waals surface area contributed by atoms with Crippen LogP contribution in [0.2, 0.25) is 0 Å². The quantitative estimate of drug-likeness (QED) is 0.681. The van der Waals surface area contributed by atoms with Crippen molar-refractivity contribution in [3.63, 3.8) is 0 Å². The lowest BCUT2D eigenvalue weighted by Gasteiger charge is -2.11. The lowest BCUT2D eigenvalue weighted by Crippen LogP contribution is -2.19. The van der Waals surface area contributed by atoms with E-state index in [0.717, 1.165) is 0 Å². The van der Waals surface area contributed by atoms with E-state index in [1.807, 2.05) is 0 Å². The van der Waals surface area contributed by atoms with Crippen LogP contribution in [0.3, 0.4) is 0 Å². The van der Waals surface area contributed by atoms with Crippen LogP contribution in [0.5, 0.6) is 0 Å². The summed E-state index contributed by atoms with van der Waals surface area (Å²) in [5.41, 5.74) is 0.0115. The lowest BCUT2D eigenvalue weighted by atomic mass is 10.2. The first-order valence-corrected chi connectivity index (χ1v) is 6.39. The molecule has 17 heavy (non-hydrogen) atoms. The Morgan fingerprint density at radius 2 is 1.88 bits per heavy atom. The van der Waals surface area contributed by atoms with Crippen molar-refractivity contribution >= 4 is 22.7 Å². The molecule has 0 aromatic heterocycles. The smallest absolute Gasteiger partial charge is 0.347 e. The summed E-state index contributed by atoms with van der Waals surface area (Å²) in [6.45, 7) is 0. The Balaban J connectivity index is 3.31. The molecule has 5 nitrogen and oxygen atoms in total. The van der Waals surface area contributed by atoms with Crippen LogP contribution in [0.4, 0.5) is 0 Å². The van der Waals surface area contributed by atoms with Crippen LogP contribution < -0.4 is 0 Å². The van der Waals surface area contributed by atoms with E-state index in [1.165, 1.54) is 20.3 Å². The van der Waals surface area contributed by atoms with Crippen LogP contribution in [0, 0.1) is 0 Å². The van der Waals surface area contributed by atoms with Gasteiger partial charge in [-0.1, -0.05) is 12.2 Å². The minimum Gasteiger partial charge on any atom is -0.465 e. The van der Waals surface area contributed by atoms with Crippen molar-refractivity contribution in [3.05, 3.63) is 22.6 Å².